The highest BCUT2D eigenvalue weighted by atomic mass is 16.7. The molecule has 1 aliphatic heterocycles. The first-order valence-electron chi connectivity index (χ1n) is 6.24. The fourth-order valence-corrected chi connectivity index (χ4v) is 1.73. The van der Waals surface area contributed by atoms with Crippen molar-refractivity contribution in [1.82, 2.24) is 0 Å². The number of rotatable bonds is 3. The van der Waals surface area contributed by atoms with Gasteiger partial charge in [-0.15, -0.1) is 0 Å². The lowest BCUT2D eigenvalue weighted by Gasteiger charge is -2.44. The molecule has 1 saturated heterocycles. The zero-order valence-corrected chi connectivity index (χ0v) is 11.7. The zero-order chi connectivity index (χ0) is 15.7. The number of hydrogen-bond donors (Lipinski definition) is 5. The standard InChI is InChI=1S/C12H22O8/c1-11(2,3)5-19-9(16)12(18)8(15)7(14)6(4-13)20-10(12)17/h6-8,10,13-15,17-18H,4-5H2,1-3H3/t6-,7-,8+,10?,12+/m1/s1. The van der Waals surface area contributed by atoms with Crippen molar-refractivity contribution in [2.45, 2.75) is 51.0 Å². The van der Waals surface area contributed by atoms with Gasteiger partial charge in [-0.3, -0.25) is 0 Å². The fourth-order valence-electron chi connectivity index (χ4n) is 1.73. The molecule has 0 saturated carbocycles. The van der Waals surface area contributed by atoms with Crippen LogP contribution in [0, 0.1) is 5.41 Å². The minimum Gasteiger partial charge on any atom is -0.463 e. The molecule has 0 radical (unpaired) electrons. The lowest BCUT2D eigenvalue weighted by atomic mass is 9.86. The molecule has 5 N–H and O–H groups in total. The number of aliphatic hydroxyl groups is 5. The molecule has 0 aromatic rings. The van der Waals surface area contributed by atoms with Gasteiger partial charge in [0.2, 0.25) is 5.60 Å². The van der Waals surface area contributed by atoms with E-state index in [1.807, 2.05) is 0 Å². The van der Waals surface area contributed by atoms with Crippen molar-refractivity contribution in [1.29, 1.82) is 0 Å². The second-order valence-corrected chi connectivity index (χ2v) is 6.11. The second kappa shape index (κ2) is 5.92. The van der Waals surface area contributed by atoms with Gasteiger partial charge in [-0.25, -0.2) is 4.79 Å². The van der Waals surface area contributed by atoms with Crippen LogP contribution in [0.4, 0.5) is 0 Å². The van der Waals surface area contributed by atoms with Crippen molar-refractivity contribution in [3.63, 3.8) is 0 Å². The molecule has 1 unspecified atom stereocenters. The van der Waals surface area contributed by atoms with Crippen LogP contribution in [0.5, 0.6) is 0 Å². The average Bonchev–Trinajstić information content (AvgIpc) is 2.36. The van der Waals surface area contributed by atoms with E-state index in [1.54, 1.807) is 20.8 Å². The van der Waals surface area contributed by atoms with Crippen molar-refractivity contribution < 1.29 is 39.8 Å². The highest BCUT2D eigenvalue weighted by molar-refractivity contribution is 5.81. The number of carbonyl (C=O) groups is 1. The number of ether oxygens (including phenoxy) is 2. The van der Waals surface area contributed by atoms with Crippen LogP contribution >= 0.6 is 0 Å². The third-order valence-corrected chi connectivity index (χ3v) is 2.98. The summed E-state index contributed by atoms with van der Waals surface area (Å²) < 4.78 is 9.58. The van der Waals surface area contributed by atoms with E-state index >= 15 is 0 Å². The van der Waals surface area contributed by atoms with E-state index in [1.165, 1.54) is 0 Å². The molecule has 0 amide bonds. The monoisotopic (exact) mass is 294 g/mol. The summed E-state index contributed by atoms with van der Waals surface area (Å²) in [5, 5.41) is 48.2. The summed E-state index contributed by atoms with van der Waals surface area (Å²) in [6, 6.07) is 0. The average molecular weight is 294 g/mol. The summed E-state index contributed by atoms with van der Waals surface area (Å²) in [7, 11) is 0. The molecular formula is C12H22O8. The Balaban J connectivity index is 2.87. The quantitative estimate of drug-likeness (QED) is 0.368. The van der Waals surface area contributed by atoms with Gasteiger partial charge in [0.05, 0.1) is 13.2 Å². The highest BCUT2D eigenvalue weighted by Gasteiger charge is 2.60. The third-order valence-electron chi connectivity index (χ3n) is 2.98. The summed E-state index contributed by atoms with van der Waals surface area (Å²) in [5.41, 5.74) is -3.19. The van der Waals surface area contributed by atoms with E-state index in [-0.39, 0.29) is 12.0 Å². The number of carbonyl (C=O) groups excluding carboxylic acids is 1. The number of esters is 1. The Morgan fingerprint density at radius 1 is 1.30 bits per heavy atom. The SMILES string of the molecule is CC(C)(C)COC(=O)[C@]1(O)C(O)O[C@H](CO)[C@@H](O)[C@@H]1O. The molecule has 1 aliphatic rings. The van der Waals surface area contributed by atoms with Gasteiger partial charge >= 0.3 is 5.97 Å². The topological polar surface area (TPSA) is 137 Å². The molecule has 0 aliphatic carbocycles. The van der Waals surface area contributed by atoms with Crippen LogP contribution in [0.2, 0.25) is 0 Å². The first-order valence-corrected chi connectivity index (χ1v) is 6.24. The molecular weight excluding hydrogens is 272 g/mol. The van der Waals surface area contributed by atoms with Gasteiger partial charge in [-0.2, -0.15) is 0 Å². The van der Waals surface area contributed by atoms with E-state index < -0.39 is 42.8 Å². The molecule has 8 heteroatoms. The van der Waals surface area contributed by atoms with Gasteiger partial charge in [-0.1, -0.05) is 20.8 Å². The van der Waals surface area contributed by atoms with Crippen LogP contribution in [-0.2, 0) is 14.3 Å². The molecule has 1 heterocycles. The van der Waals surface area contributed by atoms with Crippen LogP contribution in [-0.4, -0.2) is 74.9 Å². The van der Waals surface area contributed by atoms with Crippen LogP contribution in [0.25, 0.3) is 0 Å². The van der Waals surface area contributed by atoms with Crippen molar-refractivity contribution in [2.24, 2.45) is 5.41 Å². The molecule has 0 spiro atoms. The van der Waals surface area contributed by atoms with Gasteiger partial charge < -0.3 is 35.0 Å². The fraction of sp³-hybridized carbons (Fsp3) is 0.917. The molecule has 1 fully saturated rings. The summed E-state index contributed by atoms with van der Waals surface area (Å²) >= 11 is 0. The Hall–Kier alpha value is -0.770. The van der Waals surface area contributed by atoms with E-state index in [0.29, 0.717) is 0 Å². The normalized spacial score (nSPS) is 38.6. The largest absolute Gasteiger partial charge is 0.463 e. The van der Waals surface area contributed by atoms with E-state index in [2.05, 4.69) is 0 Å². The second-order valence-electron chi connectivity index (χ2n) is 6.11. The van der Waals surface area contributed by atoms with Gasteiger partial charge in [0.1, 0.15) is 18.3 Å². The smallest absolute Gasteiger partial charge is 0.346 e. The molecule has 8 nitrogen and oxygen atoms in total. The zero-order valence-electron chi connectivity index (χ0n) is 11.7. The summed E-state index contributed by atoms with van der Waals surface area (Å²) in [6.07, 6.45) is -7.22. The van der Waals surface area contributed by atoms with Crippen molar-refractivity contribution in [3.05, 3.63) is 0 Å². The third kappa shape index (κ3) is 3.27. The Bertz CT molecular complexity index is 352. The summed E-state index contributed by atoms with van der Waals surface area (Å²) in [6.45, 7) is 4.59. The molecule has 20 heavy (non-hydrogen) atoms. The molecule has 0 bridgehead atoms. The van der Waals surface area contributed by atoms with Crippen molar-refractivity contribution >= 4 is 5.97 Å². The maximum Gasteiger partial charge on any atom is 0.346 e. The van der Waals surface area contributed by atoms with Crippen molar-refractivity contribution in [2.75, 3.05) is 13.2 Å². The van der Waals surface area contributed by atoms with E-state index in [0.717, 1.165) is 0 Å². The first-order chi connectivity index (χ1) is 9.04. The van der Waals surface area contributed by atoms with Gasteiger partial charge in [0, 0.05) is 0 Å². The molecule has 0 aromatic heterocycles. The predicted octanol–water partition coefficient (Wildman–Crippen LogP) is -2.26. The van der Waals surface area contributed by atoms with E-state index in [9.17, 15) is 25.2 Å². The van der Waals surface area contributed by atoms with Crippen LogP contribution in [0.1, 0.15) is 20.8 Å². The van der Waals surface area contributed by atoms with Crippen molar-refractivity contribution in [3.8, 4) is 0 Å². The minimum absolute atomic E-state index is 0.0624. The molecule has 1 rings (SSSR count). The van der Waals surface area contributed by atoms with Crippen LogP contribution in [0.3, 0.4) is 0 Å². The van der Waals surface area contributed by atoms with Gasteiger partial charge in [0.15, 0.2) is 6.29 Å². The summed E-state index contributed by atoms with van der Waals surface area (Å²) in [5.74, 6) is -1.30. The number of hydrogen-bond acceptors (Lipinski definition) is 8. The van der Waals surface area contributed by atoms with E-state index in [4.69, 9.17) is 14.6 Å². The van der Waals surface area contributed by atoms with Crippen LogP contribution in [0.15, 0.2) is 0 Å². The molecule has 0 aromatic carbocycles. The predicted molar refractivity (Wildman–Crippen MR) is 65.3 cm³/mol. The maximum absolute atomic E-state index is 11.9. The Morgan fingerprint density at radius 3 is 2.30 bits per heavy atom. The Labute approximate surface area is 116 Å². The number of aliphatic hydroxyl groups excluding tert-OH is 4. The highest BCUT2D eigenvalue weighted by Crippen LogP contribution is 2.30. The Morgan fingerprint density at radius 2 is 1.85 bits per heavy atom. The van der Waals surface area contributed by atoms with Crippen LogP contribution < -0.4 is 0 Å². The maximum atomic E-state index is 11.9. The van der Waals surface area contributed by atoms with Gasteiger partial charge in [0.25, 0.3) is 0 Å². The lowest BCUT2D eigenvalue weighted by molar-refractivity contribution is -0.323. The summed E-state index contributed by atoms with van der Waals surface area (Å²) in [4.78, 5) is 11.9. The first kappa shape index (κ1) is 17.3. The molecule has 118 valence electrons. The lowest BCUT2D eigenvalue weighted by Crippen LogP contribution is -2.70. The Kier molecular flexibility index (Phi) is 5.12. The van der Waals surface area contributed by atoms with Gasteiger partial charge in [-0.05, 0) is 5.41 Å². The minimum atomic E-state index is -2.81. The molecule has 5 atom stereocenters.